The van der Waals surface area contributed by atoms with E-state index >= 15 is 0 Å². The fraction of sp³-hybridized carbons (Fsp3) is 0.545. The summed E-state index contributed by atoms with van der Waals surface area (Å²) in [6.45, 7) is 2.92. The molecule has 1 fully saturated rings. The summed E-state index contributed by atoms with van der Waals surface area (Å²) in [6, 6.07) is 2.34. The number of carbonyl (C=O) groups is 1. The van der Waals surface area contributed by atoms with Gasteiger partial charge in [0.1, 0.15) is 0 Å². The van der Waals surface area contributed by atoms with E-state index in [1.807, 2.05) is 0 Å². The van der Waals surface area contributed by atoms with Crippen LogP contribution in [0.25, 0.3) is 0 Å². The molecule has 2 rings (SSSR count). The molecule has 2 heterocycles. The van der Waals surface area contributed by atoms with Gasteiger partial charge >= 0.3 is 0 Å². The van der Waals surface area contributed by atoms with Gasteiger partial charge in [-0.3, -0.25) is 10.1 Å². The normalized spacial score (nSPS) is 23.5. The van der Waals surface area contributed by atoms with Crippen molar-refractivity contribution in [2.45, 2.75) is 31.8 Å². The van der Waals surface area contributed by atoms with E-state index in [4.69, 9.17) is 0 Å². The van der Waals surface area contributed by atoms with E-state index in [0.717, 1.165) is 19.4 Å². The van der Waals surface area contributed by atoms with Crippen molar-refractivity contribution in [1.82, 2.24) is 10.6 Å². The quantitative estimate of drug-likeness (QED) is 0.820. The SMILES string of the molecule is CC(NC1CCCNC1=O)c1ccsc1. The van der Waals surface area contributed by atoms with Crippen LogP contribution in [0.5, 0.6) is 0 Å². The molecule has 1 aliphatic rings. The zero-order chi connectivity index (χ0) is 10.7. The van der Waals surface area contributed by atoms with Crippen molar-refractivity contribution < 1.29 is 4.79 Å². The number of nitrogens with one attached hydrogen (secondary N) is 2. The van der Waals surface area contributed by atoms with Gasteiger partial charge in [0.15, 0.2) is 0 Å². The molecule has 1 amide bonds. The van der Waals surface area contributed by atoms with E-state index in [9.17, 15) is 4.79 Å². The molecular weight excluding hydrogens is 208 g/mol. The summed E-state index contributed by atoms with van der Waals surface area (Å²) in [6.07, 6.45) is 2.01. The maximum absolute atomic E-state index is 11.5. The number of hydrogen-bond donors (Lipinski definition) is 2. The van der Waals surface area contributed by atoms with Crippen LogP contribution >= 0.6 is 11.3 Å². The van der Waals surface area contributed by atoms with Crippen LogP contribution < -0.4 is 10.6 Å². The lowest BCUT2D eigenvalue weighted by molar-refractivity contribution is -0.124. The fourth-order valence-corrected chi connectivity index (χ4v) is 2.60. The average Bonchev–Trinajstić information content (AvgIpc) is 2.74. The Hall–Kier alpha value is -0.870. The van der Waals surface area contributed by atoms with Gasteiger partial charge in [0, 0.05) is 12.6 Å². The highest BCUT2D eigenvalue weighted by Crippen LogP contribution is 2.17. The van der Waals surface area contributed by atoms with Crippen molar-refractivity contribution in [3.63, 3.8) is 0 Å². The van der Waals surface area contributed by atoms with Gasteiger partial charge in [-0.25, -0.2) is 0 Å². The van der Waals surface area contributed by atoms with Crippen molar-refractivity contribution in [3.05, 3.63) is 22.4 Å². The third kappa shape index (κ3) is 2.58. The first-order chi connectivity index (χ1) is 7.27. The van der Waals surface area contributed by atoms with Crippen LogP contribution in [0.1, 0.15) is 31.4 Å². The molecule has 1 aromatic heterocycles. The van der Waals surface area contributed by atoms with E-state index in [0.29, 0.717) is 0 Å². The topological polar surface area (TPSA) is 41.1 Å². The van der Waals surface area contributed by atoms with E-state index < -0.39 is 0 Å². The molecule has 0 radical (unpaired) electrons. The lowest BCUT2D eigenvalue weighted by Crippen LogP contribution is -2.48. The van der Waals surface area contributed by atoms with Crippen LogP contribution in [-0.4, -0.2) is 18.5 Å². The lowest BCUT2D eigenvalue weighted by atomic mass is 10.0. The molecule has 1 saturated heterocycles. The van der Waals surface area contributed by atoms with Gasteiger partial charge < -0.3 is 5.32 Å². The van der Waals surface area contributed by atoms with Crippen molar-refractivity contribution in [3.8, 4) is 0 Å². The minimum Gasteiger partial charge on any atom is -0.355 e. The number of piperidine rings is 1. The monoisotopic (exact) mass is 224 g/mol. The zero-order valence-corrected chi connectivity index (χ0v) is 9.64. The number of amides is 1. The smallest absolute Gasteiger partial charge is 0.237 e. The molecule has 4 heteroatoms. The molecule has 2 atom stereocenters. The van der Waals surface area contributed by atoms with Gasteiger partial charge in [-0.15, -0.1) is 0 Å². The van der Waals surface area contributed by atoms with Crippen LogP contribution in [0.4, 0.5) is 0 Å². The largest absolute Gasteiger partial charge is 0.355 e. The first-order valence-corrected chi connectivity index (χ1v) is 6.27. The third-order valence-corrected chi connectivity index (χ3v) is 3.48. The van der Waals surface area contributed by atoms with Crippen molar-refractivity contribution in [2.75, 3.05) is 6.54 Å². The minimum atomic E-state index is -0.0198. The van der Waals surface area contributed by atoms with E-state index in [1.54, 1.807) is 11.3 Å². The Morgan fingerprint density at radius 2 is 2.53 bits per heavy atom. The summed E-state index contributed by atoms with van der Waals surface area (Å²) in [5.74, 6) is 0.142. The predicted molar refractivity (Wildman–Crippen MR) is 61.9 cm³/mol. The van der Waals surface area contributed by atoms with Crippen LogP contribution in [0.2, 0.25) is 0 Å². The maximum Gasteiger partial charge on any atom is 0.237 e. The summed E-state index contributed by atoms with van der Waals surface area (Å²) in [5.41, 5.74) is 1.26. The Bertz CT molecular complexity index is 323. The molecule has 15 heavy (non-hydrogen) atoms. The van der Waals surface area contributed by atoms with Gasteiger partial charge in [-0.1, -0.05) is 0 Å². The molecule has 1 aliphatic heterocycles. The van der Waals surface area contributed by atoms with Gasteiger partial charge in [0.05, 0.1) is 6.04 Å². The summed E-state index contributed by atoms with van der Waals surface area (Å²) in [5, 5.41) is 10.4. The van der Waals surface area contributed by atoms with Gasteiger partial charge in [-0.05, 0) is 42.2 Å². The average molecular weight is 224 g/mol. The summed E-state index contributed by atoms with van der Waals surface area (Å²) in [7, 11) is 0. The van der Waals surface area contributed by atoms with Crippen molar-refractivity contribution in [1.29, 1.82) is 0 Å². The van der Waals surface area contributed by atoms with Crippen LogP contribution in [0.15, 0.2) is 16.8 Å². The van der Waals surface area contributed by atoms with Gasteiger partial charge in [0.25, 0.3) is 0 Å². The lowest BCUT2D eigenvalue weighted by Gasteiger charge is -2.25. The molecule has 1 aromatic rings. The molecule has 2 unspecified atom stereocenters. The minimum absolute atomic E-state index is 0.0198. The fourth-order valence-electron chi connectivity index (χ4n) is 1.85. The van der Waals surface area contributed by atoms with Crippen LogP contribution in [0.3, 0.4) is 0 Å². The highest BCUT2D eigenvalue weighted by Gasteiger charge is 2.23. The second-order valence-corrected chi connectivity index (χ2v) is 4.71. The zero-order valence-electron chi connectivity index (χ0n) is 8.82. The van der Waals surface area contributed by atoms with Gasteiger partial charge in [0.2, 0.25) is 5.91 Å². The highest BCUT2D eigenvalue weighted by molar-refractivity contribution is 7.07. The molecule has 0 aromatic carbocycles. The van der Waals surface area contributed by atoms with E-state index in [-0.39, 0.29) is 18.0 Å². The second-order valence-electron chi connectivity index (χ2n) is 3.93. The standard InChI is InChI=1S/C11H16N2OS/c1-8(9-4-6-15-7-9)13-10-3-2-5-12-11(10)14/h4,6-8,10,13H,2-3,5H2,1H3,(H,12,14). The molecule has 2 N–H and O–H groups in total. The van der Waals surface area contributed by atoms with Gasteiger partial charge in [-0.2, -0.15) is 11.3 Å². The Morgan fingerprint density at radius 1 is 1.67 bits per heavy atom. The van der Waals surface area contributed by atoms with Crippen LogP contribution in [-0.2, 0) is 4.79 Å². The molecule has 0 bridgehead atoms. The summed E-state index contributed by atoms with van der Waals surface area (Å²) >= 11 is 1.69. The first kappa shape index (κ1) is 10.6. The molecule has 0 saturated carbocycles. The molecule has 0 aliphatic carbocycles. The molecule has 3 nitrogen and oxygen atoms in total. The molecular formula is C11H16N2OS. The maximum atomic E-state index is 11.5. The van der Waals surface area contributed by atoms with Crippen molar-refractivity contribution in [2.24, 2.45) is 0 Å². The highest BCUT2D eigenvalue weighted by atomic mass is 32.1. The number of carbonyl (C=O) groups excluding carboxylic acids is 1. The molecule has 0 spiro atoms. The predicted octanol–water partition coefficient (Wildman–Crippen LogP) is 1.68. The van der Waals surface area contributed by atoms with E-state index in [1.165, 1.54) is 5.56 Å². The Kier molecular flexibility index (Phi) is 3.38. The Morgan fingerprint density at radius 3 is 3.20 bits per heavy atom. The Balaban J connectivity index is 1.93. The third-order valence-electron chi connectivity index (χ3n) is 2.78. The Labute approximate surface area is 93.9 Å². The first-order valence-electron chi connectivity index (χ1n) is 5.33. The number of hydrogen-bond acceptors (Lipinski definition) is 3. The van der Waals surface area contributed by atoms with Crippen molar-refractivity contribution >= 4 is 17.2 Å². The number of thiophene rings is 1. The van der Waals surface area contributed by atoms with E-state index in [2.05, 4.69) is 34.4 Å². The molecule has 82 valence electrons. The van der Waals surface area contributed by atoms with Crippen LogP contribution in [0, 0.1) is 0 Å². The summed E-state index contributed by atoms with van der Waals surface area (Å²) < 4.78 is 0. The summed E-state index contributed by atoms with van der Waals surface area (Å²) in [4.78, 5) is 11.5. The number of rotatable bonds is 3. The second kappa shape index (κ2) is 4.77.